The molecule has 0 aliphatic rings. The molecule has 0 atom stereocenters. The molecule has 348 valence electrons. The summed E-state index contributed by atoms with van der Waals surface area (Å²) < 4.78 is 70.2. The minimum Gasteiger partial charge on any atom is 2.00 e. The number of hydrogen-bond donors (Lipinski definition) is 0. The molecular formula is C52H60F4Ga2N6OPt. The third-order valence-electron chi connectivity index (χ3n) is 11.4. The van der Waals surface area contributed by atoms with E-state index in [0.29, 0.717) is 11.4 Å². The molecule has 0 radical (unpaired) electrons. The van der Waals surface area contributed by atoms with E-state index in [-0.39, 0.29) is 90.4 Å². The summed E-state index contributed by atoms with van der Waals surface area (Å²) in [6, 6.07) is 29.2. The summed E-state index contributed by atoms with van der Waals surface area (Å²) >= 11 is -10.1. The zero-order chi connectivity index (χ0) is 47.7. The predicted octanol–water partition coefficient (Wildman–Crippen LogP) is 14.9. The number of anilines is 2. The van der Waals surface area contributed by atoms with Crippen LogP contribution in [0.15, 0.2) is 85.2 Å². The van der Waals surface area contributed by atoms with Gasteiger partial charge in [-0.2, -0.15) is 0 Å². The van der Waals surface area contributed by atoms with Gasteiger partial charge in [0.15, 0.2) is 0 Å². The van der Waals surface area contributed by atoms with Gasteiger partial charge >= 0.3 is 420 Å². The van der Waals surface area contributed by atoms with Gasteiger partial charge in [0.25, 0.3) is 0 Å². The van der Waals surface area contributed by atoms with Crippen molar-refractivity contribution >= 4 is 46.3 Å². The fourth-order valence-corrected chi connectivity index (χ4v) is 12.6. The Kier molecular flexibility index (Phi) is 17.4. The van der Waals surface area contributed by atoms with Crippen LogP contribution in [0.5, 0.6) is 11.5 Å². The average Bonchev–Trinajstić information content (AvgIpc) is 3.22. The van der Waals surface area contributed by atoms with Gasteiger partial charge in [-0.05, 0) is 0 Å². The monoisotopic (exact) mass is 1190 g/mol. The van der Waals surface area contributed by atoms with Crippen LogP contribution in [-0.2, 0) is 21.1 Å². The second-order valence-electron chi connectivity index (χ2n) is 19.7. The van der Waals surface area contributed by atoms with Crippen molar-refractivity contribution in [2.45, 2.75) is 132 Å². The van der Waals surface area contributed by atoms with Gasteiger partial charge < -0.3 is 0 Å². The van der Waals surface area contributed by atoms with Crippen molar-refractivity contribution < 1.29 is 38.9 Å². The van der Waals surface area contributed by atoms with Crippen molar-refractivity contribution in [3.63, 3.8) is 0 Å². The van der Waals surface area contributed by atoms with Gasteiger partial charge in [0.2, 0.25) is 0 Å². The van der Waals surface area contributed by atoms with Crippen molar-refractivity contribution in [3.8, 4) is 56.8 Å². The summed E-state index contributed by atoms with van der Waals surface area (Å²) in [6.07, 6.45) is 3.31. The zero-order valence-electron chi connectivity index (χ0n) is 40.5. The standard InChI is InChI=1S/C52H60N6O.4FH.2Ga.Pt/c1-31(2)37-17-15-18-38(32(3)4)47(37)45-25-27-53-49(55-45)41-29-35(21-23-43(41)57-51(9,10)11)59-36-22-24-44(58-52(12,13)14)42(30-36)50-54-28-26-46(56-50)48-39(33(5)6)19-16-20-40(48)34(7)8;;;;;;;/h15-28,31-34H,1-14H3;4*1H;;;/q-4;;;;;2*+3;+2/p-4. The molecule has 0 spiro atoms. The third-order valence-corrected chi connectivity index (χ3v) is 17.4. The van der Waals surface area contributed by atoms with Crippen LogP contribution in [0.2, 0.25) is 0 Å². The Morgan fingerprint density at radius 1 is 0.500 bits per heavy atom. The van der Waals surface area contributed by atoms with Crippen LogP contribution >= 0.6 is 0 Å². The van der Waals surface area contributed by atoms with Crippen LogP contribution in [0.1, 0.15) is 143 Å². The van der Waals surface area contributed by atoms with Crippen LogP contribution in [0, 0.1) is 12.1 Å². The van der Waals surface area contributed by atoms with E-state index >= 15 is 13.1 Å². The third kappa shape index (κ3) is 11.7. The zero-order valence-corrected chi connectivity index (χ0v) is 47.6. The van der Waals surface area contributed by atoms with Crippen LogP contribution in [-0.4, -0.2) is 65.9 Å². The van der Waals surface area contributed by atoms with Crippen molar-refractivity contribution in [1.82, 2.24) is 19.9 Å². The fourth-order valence-electron chi connectivity index (χ4n) is 8.36. The van der Waals surface area contributed by atoms with Crippen LogP contribution in [0.3, 0.4) is 0 Å². The smallest absolute Gasteiger partial charge is 2.00 e. The Bertz CT molecular complexity index is 2400. The molecular weight excluding hydrogens is 1140 g/mol. The van der Waals surface area contributed by atoms with E-state index in [2.05, 4.69) is 114 Å². The van der Waals surface area contributed by atoms with Gasteiger partial charge in [0, 0.05) is 0 Å². The van der Waals surface area contributed by atoms with Gasteiger partial charge in [-0.25, -0.2) is 0 Å². The van der Waals surface area contributed by atoms with Crippen molar-refractivity contribution in [3.05, 3.63) is 120 Å². The maximum atomic E-state index is 15.3. The van der Waals surface area contributed by atoms with E-state index in [1.807, 2.05) is 12.1 Å². The molecule has 0 aliphatic heterocycles. The van der Waals surface area contributed by atoms with E-state index in [0.717, 1.165) is 33.4 Å². The number of ether oxygens (including phenoxy) is 1. The maximum Gasteiger partial charge on any atom is 2.00 e. The van der Waals surface area contributed by atoms with Gasteiger partial charge in [-0.15, -0.1) is 0 Å². The Labute approximate surface area is 417 Å². The van der Waals surface area contributed by atoms with Crippen molar-refractivity contribution in [1.29, 1.82) is 0 Å². The first-order valence-corrected chi connectivity index (χ1v) is 28.2. The van der Waals surface area contributed by atoms with Crippen LogP contribution < -0.4 is 12.0 Å². The average molecular weight is 1200 g/mol. The maximum absolute atomic E-state index is 15.3. The summed E-state index contributed by atoms with van der Waals surface area (Å²) in [5.74, 6) is 1.55. The molecule has 7 nitrogen and oxygen atoms in total. The number of aromatic nitrogens is 4. The first-order chi connectivity index (χ1) is 30.5. The number of hydrogen-bond acceptors (Lipinski definition) is 7. The predicted molar refractivity (Wildman–Crippen MR) is 260 cm³/mol. The number of nitrogens with zero attached hydrogens (tertiary/aromatic N) is 6. The van der Waals surface area contributed by atoms with Crippen LogP contribution in [0.25, 0.3) is 45.3 Å². The molecule has 0 bridgehead atoms. The molecule has 0 aliphatic carbocycles. The van der Waals surface area contributed by atoms with E-state index in [1.165, 1.54) is 7.21 Å². The molecule has 2 heterocycles. The summed E-state index contributed by atoms with van der Waals surface area (Å²) in [5, 5.41) is 0. The molecule has 0 saturated carbocycles. The first kappa shape index (κ1) is 53.1. The molecule has 66 heavy (non-hydrogen) atoms. The van der Waals surface area contributed by atoms with Crippen molar-refractivity contribution in [2.24, 2.45) is 0 Å². The SMILES string of the molecule is CC(C)c1cccc(C(C)C)c1-c1ccnc(-c2[c-]c(Oc3[c-]c(-c4nccc(-c5c(C(C)C)cccc5C(C)C)n4)c([N]([Ga]([F])[F])C(C)(C)C)cc3)ccc2[N]([Ga]([F])[F])C(C)(C)C)n1.[Pt+2]. The molecule has 0 fully saturated rings. The quantitative estimate of drug-likeness (QED) is 0.0611. The second kappa shape index (κ2) is 21.6. The van der Waals surface area contributed by atoms with Crippen molar-refractivity contribution in [2.75, 3.05) is 7.21 Å². The Morgan fingerprint density at radius 2 is 0.818 bits per heavy atom. The Hall–Kier alpha value is -3.88. The Morgan fingerprint density at radius 3 is 1.09 bits per heavy atom. The van der Waals surface area contributed by atoms with E-state index in [9.17, 15) is 0 Å². The second-order valence-corrected chi connectivity index (χ2v) is 24.2. The molecule has 0 unspecified atom stereocenters. The molecule has 0 N–H and O–H groups in total. The molecule has 0 amide bonds. The molecule has 2 aromatic heterocycles. The minimum absolute atomic E-state index is 0. The summed E-state index contributed by atoms with van der Waals surface area (Å²) in [5.41, 5.74) is 6.95. The molecule has 0 saturated heterocycles. The molecule has 6 aromatic rings. The van der Waals surface area contributed by atoms with E-state index < -0.39 is 46.0 Å². The van der Waals surface area contributed by atoms with E-state index in [1.54, 1.807) is 78.2 Å². The first-order valence-electron chi connectivity index (χ1n) is 22.4. The number of benzene rings is 4. The topological polar surface area (TPSA) is 67.3 Å². The number of halogens is 4. The van der Waals surface area contributed by atoms with Gasteiger partial charge in [0.1, 0.15) is 0 Å². The fraction of sp³-hybridized carbons (Fsp3) is 0.385. The van der Waals surface area contributed by atoms with Gasteiger partial charge in [-0.1, -0.05) is 0 Å². The largest absolute Gasteiger partial charge is 2.00 e. The molecule has 6 rings (SSSR count). The van der Waals surface area contributed by atoms with Gasteiger partial charge in [0.05, 0.1) is 0 Å². The summed E-state index contributed by atoms with van der Waals surface area (Å²) in [7, 11) is 0. The van der Waals surface area contributed by atoms with Gasteiger partial charge in [-0.3, -0.25) is 0 Å². The molecule has 14 heteroatoms. The molecule has 4 aromatic carbocycles. The minimum atomic E-state index is -5.04. The summed E-state index contributed by atoms with van der Waals surface area (Å²) in [4.78, 5) is 19.5. The Balaban J connectivity index is 0.00000817. The van der Waals surface area contributed by atoms with E-state index in [4.69, 9.17) is 14.7 Å². The number of rotatable bonds is 14. The van der Waals surface area contributed by atoms with Crippen LogP contribution in [0.4, 0.5) is 24.5 Å². The normalized spacial score (nSPS) is 11.9. The summed E-state index contributed by atoms with van der Waals surface area (Å²) in [6.45, 7) is 27.6.